The number of allylic oxidation sites excluding steroid dienone is 1. The number of carbonyl (C=O) groups excluding carboxylic acids is 2. The number of likely N-dealkylation sites (N-methyl/N-ethyl adjacent to an activating group) is 1. The zero-order valence-electron chi connectivity index (χ0n) is 22.6. The Hall–Kier alpha value is -4.19. The topological polar surface area (TPSA) is 149 Å². The molecule has 0 radical (unpaired) electrons. The molecule has 3 amide bonds. The van der Waals surface area contributed by atoms with Crippen LogP contribution in [0.4, 0.5) is 14.9 Å². The second-order valence-electron chi connectivity index (χ2n) is 9.90. The van der Waals surface area contributed by atoms with Gasteiger partial charge in [-0.2, -0.15) is 0 Å². The maximum atomic E-state index is 14.5. The highest BCUT2D eigenvalue weighted by atomic mass is 35.5. The Morgan fingerprint density at radius 3 is 2.65 bits per heavy atom. The van der Waals surface area contributed by atoms with Gasteiger partial charge in [0.2, 0.25) is 11.8 Å². The maximum Gasteiger partial charge on any atom is 0.405 e. The van der Waals surface area contributed by atoms with Crippen LogP contribution in [0.1, 0.15) is 37.9 Å². The smallest absolute Gasteiger partial charge is 0.405 e. The van der Waals surface area contributed by atoms with Gasteiger partial charge in [-0.05, 0) is 49.5 Å². The van der Waals surface area contributed by atoms with E-state index >= 15 is 0 Å². The Bertz CT molecular complexity index is 1500. The number of fused-ring (bicyclic) bond motifs is 1. The molecule has 13 heteroatoms. The molecule has 3 aromatic heterocycles. The largest absolute Gasteiger partial charge is 0.465 e. The second kappa shape index (κ2) is 13.2. The van der Waals surface area contributed by atoms with Crippen molar-refractivity contribution in [1.29, 1.82) is 0 Å². The van der Waals surface area contributed by atoms with Gasteiger partial charge in [-0.15, -0.1) is 0 Å². The molecular weight excluding hydrogens is 543 g/mol. The molecule has 3 aromatic rings. The minimum absolute atomic E-state index is 0.0119. The zero-order valence-corrected chi connectivity index (χ0v) is 23.4. The van der Waals surface area contributed by atoms with Crippen LogP contribution in [-0.2, 0) is 22.6 Å². The number of pyridine rings is 2. The highest BCUT2D eigenvalue weighted by Crippen LogP contribution is 2.24. The lowest BCUT2D eigenvalue weighted by molar-refractivity contribution is -0.123. The number of amides is 3. The Morgan fingerprint density at radius 2 is 2.00 bits per heavy atom. The van der Waals surface area contributed by atoms with E-state index in [-0.39, 0.29) is 42.1 Å². The number of hydrogen-bond donors (Lipinski definition) is 4. The molecule has 0 bridgehead atoms. The lowest BCUT2D eigenvalue weighted by atomic mass is 10.0. The van der Waals surface area contributed by atoms with Crippen molar-refractivity contribution in [2.75, 3.05) is 19.4 Å². The third kappa shape index (κ3) is 7.69. The van der Waals surface area contributed by atoms with Crippen LogP contribution in [0, 0.1) is 11.7 Å². The van der Waals surface area contributed by atoms with E-state index in [1.54, 1.807) is 20.2 Å². The fourth-order valence-corrected chi connectivity index (χ4v) is 4.25. The third-order valence-corrected chi connectivity index (χ3v) is 6.35. The summed E-state index contributed by atoms with van der Waals surface area (Å²) in [5.74, 6) is -1.20. The molecule has 0 spiro atoms. The molecule has 11 nitrogen and oxygen atoms in total. The second-order valence-corrected chi connectivity index (χ2v) is 10.3. The summed E-state index contributed by atoms with van der Waals surface area (Å²) in [5, 5.41) is 13.9. The van der Waals surface area contributed by atoms with Gasteiger partial charge < -0.3 is 25.6 Å². The van der Waals surface area contributed by atoms with Crippen LogP contribution in [0.5, 0.6) is 0 Å². The molecule has 1 atom stereocenters. The van der Waals surface area contributed by atoms with Crippen molar-refractivity contribution in [2.24, 2.45) is 5.92 Å². The molecule has 214 valence electrons. The summed E-state index contributed by atoms with van der Waals surface area (Å²) in [4.78, 5) is 57.7. The SMILES string of the molecule is CC(C)Cc1c(F)cnc2cc(Cn3c(Cl)ccc(NC(=O)[C@H](CC/C=C/C(=O)N(C)C)NC(=O)O)c3=O)[nH]c12. The van der Waals surface area contributed by atoms with Gasteiger partial charge in [0.15, 0.2) is 0 Å². The summed E-state index contributed by atoms with van der Waals surface area (Å²) in [5.41, 5.74) is 1.42. The van der Waals surface area contributed by atoms with Crippen LogP contribution >= 0.6 is 11.6 Å². The molecule has 0 aliphatic heterocycles. The van der Waals surface area contributed by atoms with Gasteiger partial charge >= 0.3 is 6.09 Å². The predicted octanol–water partition coefficient (Wildman–Crippen LogP) is 3.76. The molecule has 0 saturated carbocycles. The van der Waals surface area contributed by atoms with Crippen LogP contribution in [0.25, 0.3) is 11.0 Å². The summed E-state index contributed by atoms with van der Waals surface area (Å²) >= 11 is 6.31. The zero-order chi connectivity index (χ0) is 29.6. The van der Waals surface area contributed by atoms with E-state index in [9.17, 15) is 28.7 Å². The molecular formula is C27H32ClFN6O5. The third-order valence-electron chi connectivity index (χ3n) is 6.02. The molecule has 0 aromatic carbocycles. The Kier molecular flexibility index (Phi) is 10.1. The molecule has 0 unspecified atom stereocenters. The standard InChI is InChI=1S/C27H32ClFN6O5/c1-15(2)11-17-18(29)13-30-21-12-16(31-24(17)21)14-35-22(28)10-9-20(26(35)38)32-25(37)19(33-27(39)40)7-5-6-8-23(36)34(3)4/h6,8-10,12-13,15,19,31,33H,5,7,11,14H2,1-4H3,(H,32,37)(H,39,40)/b8-6+/t19-/m0/s1. The lowest BCUT2D eigenvalue weighted by Gasteiger charge is -2.17. The van der Waals surface area contributed by atoms with E-state index in [0.29, 0.717) is 28.7 Å². The molecule has 0 aliphatic rings. The van der Waals surface area contributed by atoms with Crippen LogP contribution in [0.2, 0.25) is 5.15 Å². The van der Waals surface area contributed by atoms with Gasteiger partial charge in [-0.3, -0.25) is 23.9 Å². The van der Waals surface area contributed by atoms with Crippen molar-refractivity contribution in [3.63, 3.8) is 0 Å². The lowest BCUT2D eigenvalue weighted by Crippen LogP contribution is -2.44. The normalized spacial score (nSPS) is 12.2. The maximum absolute atomic E-state index is 14.5. The number of carbonyl (C=O) groups is 3. The summed E-state index contributed by atoms with van der Waals surface area (Å²) in [6, 6.07) is 3.27. The van der Waals surface area contributed by atoms with E-state index < -0.39 is 29.4 Å². The Morgan fingerprint density at radius 1 is 1.27 bits per heavy atom. The molecule has 3 heterocycles. The van der Waals surface area contributed by atoms with Crippen LogP contribution < -0.4 is 16.2 Å². The molecule has 0 fully saturated rings. The van der Waals surface area contributed by atoms with Crippen molar-refractivity contribution in [3.8, 4) is 0 Å². The average molecular weight is 575 g/mol. The number of aromatic amines is 1. The summed E-state index contributed by atoms with van der Waals surface area (Å²) in [7, 11) is 3.18. The molecule has 0 aliphatic carbocycles. The fourth-order valence-electron chi connectivity index (χ4n) is 4.05. The highest BCUT2D eigenvalue weighted by Gasteiger charge is 2.22. The van der Waals surface area contributed by atoms with Gasteiger partial charge in [-0.1, -0.05) is 31.5 Å². The quantitative estimate of drug-likeness (QED) is 0.202. The predicted molar refractivity (Wildman–Crippen MR) is 150 cm³/mol. The minimum Gasteiger partial charge on any atom is -0.465 e. The number of carboxylic acid groups (broad SMARTS) is 1. The van der Waals surface area contributed by atoms with Crippen LogP contribution in [0.3, 0.4) is 0 Å². The summed E-state index contributed by atoms with van der Waals surface area (Å²) in [6.07, 6.45) is 3.40. The Balaban J connectivity index is 1.82. The minimum atomic E-state index is -1.41. The molecule has 40 heavy (non-hydrogen) atoms. The number of aromatic nitrogens is 3. The highest BCUT2D eigenvalue weighted by molar-refractivity contribution is 6.29. The van der Waals surface area contributed by atoms with Gasteiger partial charge in [-0.25, -0.2) is 9.18 Å². The van der Waals surface area contributed by atoms with Crippen LogP contribution in [0.15, 0.2) is 41.3 Å². The number of anilines is 1. The first-order valence-electron chi connectivity index (χ1n) is 12.6. The van der Waals surface area contributed by atoms with Crippen molar-refractivity contribution in [1.82, 2.24) is 24.8 Å². The van der Waals surface area contributed by atoms with Crippen LogP contribution in [-0.4, -0.2) is 62.6 Å². The van der Waals surface area contributed by atoms with Crippen molar-refractivity contribution >= 4 is 46.2 Å². The number of halogens is 2. The van der Waals surface area contributed by atoms with Crippen molar-refractivity contribution in [2.45, 2.75) is 45.7 Å². The number of hydrogen-bond acceptors (Lipinski definition) is 5. The Labute approximate surface area is 235 Å². The van der Waals surface area contributed by atoms with Crippen molar-refractivity contribution < 1.29 is 23.9 Å². The van der Waals surface area contributed by atoms with Gasteiger partial charge in [0.05, 0.1) is 23.8 Å². The average Bonchev–Trinajstić information content (AvgIpc) is 3.29. The van der Waals surface area contributed by atoms with E-state index in [2.05, 4.69) is 20.6 Å². The number of nitrogens with zero attached hydrogens (tertiary/aromatic N) is 3. The van der Waals surface area contributed by atoms with Crippen molar-refractivity contribution in [3.05, 3.63) is 69.1 Å². The summed E-state index contributed by atoms with van der Waals surface area (Å²) in [6.45, 7) is 3.95. The van der Waals surface area contributed by atoms with E-state index in [4.69, 9.17) is 11.6 Å². The first kappa shape index (κ1) is 30.4. The first-order chi connectivity index (χ1) is 18.9. The van der Waals surface area contributed by atoms with Gasteiger partial charge in [0, 0.05) is 25.4 Å². The number of nitrogens with one attached hydrogen (secondary N) is 3. The molecule has 3 rings (SSSR count). The number of H-pyrrole nitrogens is 1. The van der Waals surface area contributed by atoms with E-state index in [1.807, 2.05) is 13.8 Å². The van der Waals surface area contributed by atoms with E-state index in [0.717, 1.165) is 0 Å². The monoisotopic (exact) mass is 574 g/mol. The molecule has 0 saturated heterocycles. The number of rotatable bonds is 11. The van der Waals surface area contributed by atoms with E-state index in [1.165, 1.54) is 39.9 Å². The van der Waals surface area contributed by atoms with Gasteiger partial charge in [0.1, 0.15) is 22.7 Å². The fraction of sp³-hybridized carbons (Fsp3) is 0.370. The summed E-state index contributed by atoms with van der Waals surface area (Å²) < 4.78 is 15.7. The molecule has 4 N–H and O–H groups in total. The first-order valence-corrected chi connectivity index (χ1v) is 13.0. The van der Waals surface area contributed by atoms with Gasteiger partial charge in [0.25, 0.3) is 5.56 Å².